The van der Waals surface area contributed by atoms with Gasteiger partial charge in [-0.2, -0.15) is 0 Å². The lowest BCUT2D eigenvalue weighted by Gasteiger charge is -2.10. The first-order chi connectivity index (χ1) is 9.97. The highest BCUT2D eigenvalue weighted by atomic mass is 79.9. The van der Waals surface area contributed by atoms with Crippen molar-refractivity contribution in [2.45, 2.75) is 13.5 Å². The van der Waals surface area contributed by atoms with Crippen LogP contribution in [0.25, 0.3) is 0 Å². The largest absolute Gasteiger partial charge is 0.478 e. The van der Waals surface area contributed by atoms with Gasteiger partial charge in [-0.1, -0.05) is 11.2 Å². The van der Waals surface area contributed by atoms with Crippen molar-refractivity contribution in [3.05, 3.63) is 45.8 Å². The summed E-state index contributed by atoms with van der Waals surface area (Å²) < 4.78 is 5.43. The van der Waals surface area contributed by atoms with Crippen molar-refractivity contribution < 1.29 is 19.2 Å². The molecule has 0 fully saturated rings. The fourth-order valence-electron chi connectivity index (χ4n) is 1.65. The summed E-state index contributed by atoms with van der Waals surface area (Å²) in [7, 11) is 0. The molecule has 0 spiro atoms. The van der Waals surface area contributed by atoms with Gasteiger partial charge in [0.2, 0.25) is 0 Å². The standard InChI is InChI=1S/C13H12BrN3O4/c1-7-5-8(21-17-7)6-15-13(20)16-11-9(12(18)19)3-2-4-10(11)14/h2-5H,6H2,1H3,(H,18,19)(H2,15,16,20). The van der Waals surface area contributed by atoms with Gasteiger partial charge < -0.3 is 20.3 Å². The zero-order valence-corrected chi connectivity index (χ0v) is 12.6. The molecular formula is C13H12BrN3O4. The number of carboxylic acids is 1. The molecule has 0 atom stereocenters. The number of carbonyl (C=O) groups is 2. The molecule has 8 heteroatoms. The second kappa shape index (κ2) is 6.40. The Balaban J connectivity index is 2.04. The number of anilines is 1. The number of benzene rings is 1. The molecule has 0 saturated heterocycles. The van der Waals surface area contributed by atoms with Crippen LogP contribution in [0.5, 0.6) is 0 Å². The van der Waals surface area contributed by atoms with Crippen LogP contribution in [0.3, 0.4) is 0 Å². The van der Waals surface area contributed by atoms with E-state index in [2.05, 4.69) is 31.7 Å². The Morgan fingerprint density at radius 1 is 1.43 bits per heavy atom. The predicted octanol–water partition coefficient (Wildman–Crippen LogP) is 2.77. The van der Waals surface area contributed by atoms with Crippen LogP contribution in [0.15, 0.2) is 33.3 Å². The Labute approximate surface area is 128 Å². The van der Waals surface area contributed by atoms with Crippen molar-refractivity contribution in [3.63, 3.8) is 0 Å². The molecule has 0 aliphatic rings. The Bertz CT molecular complexity index is 684. The molecule has 2 amide bonds. The van der Waals surface area contributed by atoms with E-state index in [1.54, 1.807) is 25.1 Å². The maximum Gasteiger partial charge on any atom is 0.337 e. The molecule has 0 unspecified atom stereocenters. The molecule has 1 aromatic carbocycles. The van der Waals surface area contributed by atoms with E-state index in [1.807, 2.05) is 0 Å². The third kappa shape index (κ3) is 3.82. The number of aromatic nitrogens is 1. The highest BCUT2D eigenvalue weighted by molar-refractivity contribution is 9.10. The van der Waals surface area contributed by atoms with Crippen LogP contribution in [0.4, 0.5) is 10.5 Å². The third-order valence-corrected chi connectivity index (χ3v) is 3.24. The van der Waals surface area contributed by atoms with Gasteiger partial charge >= 0.3 is 12.0 Å². The van der Waals surface area contributed by atoms with Crippen molar-refractivity contribution in [3.8, 4) is 0 Å². The molecular weight excluding hydrogens is 342 g/mol. The minimum absolute atomic E-state index is 0.00460. The van der Waals surface area contributed by atoms with Crippen molar-refractivity contribution in [2.75, 3.05) is 5.32 Å². The van der Waals surface area contributed by atoms with Crippen LogP contribution >= 0.6 is 15.9 Å². The lowest BCUT2D eigenvalue weighted by Crippen LogP contribution is -2.29. The summed E-state index contributed by atoms with van der Waals surface area (Å²) in [6.45, 7) is 1.92. The topological polar surface area (TPSA) is 104 Å². The molecule has 1 heterocycles. The first kappa shape index (κ1) is 15.0. The Hall–Kier alpha value is -2.35. The van der Waals surface area contributed by atoms with E-state index in [0.717, 1.165) is 0 Å². The van der Waals surface area contributed by atoms with E-state index >= 15 is 0 Å². The molecule has 0 radical (unpaired) electrons. The Morgan fingerprint density at radius 3 is 2.81 bits per heavy atom. The van der Waals surface area contributed by atoms with E-state index in [0.29, 0.717) is 15.9 Å². The van der Waals surface area contributed by atoms with Gasteiger partial charge in [-0.25, -0.2) is 9.59 Å². The van der Waals surface area contributed by atoms with Crippen molar-refractivity contribution in [2.24, 2.45) is 0 Å². The molecule has 110 valence electrons. The smallest absolute Gasteiger partial charge is 0.337 e. The van der Waals surface area contributed by atoms with Crippen molar-refractivity contribution >= 4 is 33.6 Å². The molecule has 3 N–H and O–H groups in total. The minimum atomic E-state index is -1.13. The summed E-state index contributed by atoms with van der Waals surface area (Å²) in [5, 5.41) is 17.8. The first-order valence-electron chi connectivity index (χ1n) is 5.96. The highest BCUT2D eigenvalue weighted by Crippen LogP contribution is 2.26. The van der Waals surface area contributed by atoms with Gasteiger partial charge in [0.05, 0.1) is 23.5 Å². The number of nitrogens with zero attached hydrogens (tertiary/aromatic N) is 1. The third-order valence-electron chi connectivity index (χ3n) is 2.58. The van der Waals surface area contributed by atoms with E-state index in [1.165, 1.54) is 6.07 Å². The summed E-state index contributed by atoms with van der Waals surface area (Å²) >= 11 is 3.21. The monoisotopic (exact) mass is 353 g/mol. The molecule has 0 aliphatic heterocycles. The number of carbonyl (C=O) groups excluding carboxylic acids is 1. The Morgan fingerprint density at radius 2 is 2.19 bits per heavy atom. The number of rotatable bonds is 4. The average molecular weight is 354 g/mol. The van der Waals surface area contributed by atoms with E-state index in [4.69, 9.17) is 9.63 Å². The second-order valence-corrected chi connectivity index (χ2v) is 5.06. The maximum absolute atomic E-state index is 11.8. The molecule has 2 rings (SSSR count). The number of hydrogen-bond donors (Lipinski definition) is 3. The van der Waals surface area contributed by atoms with E-state index in [9.17, 15) is 9.59 Å². The van der Waals surface area contributed by atoms with E-state index in [-0.39, 0.29) is 17.8 Å². The van der Waals surface area contributed by atoms with Gasteiger partial charge in [0.1, 0.15) is 0 Å². The molecule has 7 nitrogen and oxygen atoms in total. The van der Waals surface area contributed by atoms with Crippen LogP contribution in [0.2, 0.25) is 0 Å². The summed E-state index contributed by atoms with van der Waals surface area (Å²) in [5.74, 6) is -0.620. The maximum atomic E-state index is 11.8. The average Bonchev–Trinajstić information content (AvgIpc) is 2.84. The zero-order chi connectivity index (χ0) is 15.4. The molecule has 0 saturated carbocycles. The summed E-state index contributed by atoms with van der Waals surface area (Å²) in [5.41, 5.74) is 0.900. The second-order valence-electron chi connectivity index (χ2n) is 4.21. The summed E-state index contributed by atoms with van der Waals surface area (Å²) in [6, 6.07) is 5.78. The number of hydrogen-bond acceptors (Lipinski definition) is 4. The fraction of sp³-hybridized carbons (Fsp3) is 0.154. The molecule has 2 aromatic rings. The molecule has 0 aliphatic carbocycles. The Kier molecular flexibility index (Phi) is 4.59. The van der Waals surface area contributed by atoms with Gasteiger partial charge in [0.15, 0.2) is 5.76 Å². The predicted molar refractivity (Wildman–Crippen MR) is 78.2 cm³/mol. The number of amides is 2. The number of nitrogens with one attached hydrogen (secondary N) is 2. The van der Waals surface area contributed by atoms with Crippen LogP contribution in [-0.4, -0.2) is 22.3 Å². The zero-order valence-electron chi connectivity index (χ0n) is 11.0. The fourth-order valence-corrected chi connectivity index (χ4v) is 2.12. The molecule has 21 heavy (non-hydrogen) atoms. The van der Waals surface area contributed by atoms with Crippen molar-refractivity contribution in [1.82, 2.24) is 10.5 Å². The molecule has 0 bridgehead atoms. The number of halogens is 1. The summed E-state index contributed by atoms with van der Waals surface area (Å²) in [4.78, 5) is 22.9. The molecule has 1 aromatic heterocycles. The number of para-hydroxylation sites is 1. The van der Waals surface area contributed by atoms with Crippen LogP contribution in [0, 0.1) is 6.92 Å². The first-order valence-corrected chi connectivity index (χ1v) is 6.75. The SMILES string of the molecule is Cc1cc(CNC(=O)Nc2c(Br)cccc2C(=O)O)on1. The summed E-state index contributed by atoms with van der Waals surface area (Å²) in [6.07, 6.45) is 0. The highest BCUT2D eigenvalue weighted by Gasteiger charge is 2.15. The van der Waals surface area contributed by atoms with E-state index < -0.39 is 12.0 Å². The van der Waals surface area contributed by atoms with Gasteiger partial charge in [0.25, 0.3) is 0 Å². The van der Waals surface area contributed by atoms with Gasteiger partial charge in [-0.3, -0.25) is 0 Å². The van der Waals surface area contributed by atoms with Gasteiger partial charge in [-0.05, 0) is 35.0 Å². The van der Waals surface area contributed by atoms with Crippen LogP contribution in [-0.2, 0) is 6.54 Å². The van der Waals surface area contributed by atoms with Crippen LogP contribution in [0.1, 0.15) is 21.8 Å². The number of aryl methyl sites for hydroxylation is 1. The van der Waals surface area contributed by atoms with Gasteiger partial charge in [-0.15, -0.1) is 0 Å². The number of carboxylic acid groups (broad SMARTS) is 1. The minimum Gasteiger partial charge on any atom is -0.478 e. The number of aromatic carboxylic acids is 1. The quantitative estimate of drug-likeness (QED) is 0.783. The lowest BCUT2D eigenvalue weighted by atomic mass is 10.2. The normalized spacial score (nSPS) is 10.2. The lowest BCUT2D eigenvalue weighted by molar-refractivity contribution is 0.0698. The van der Waals surface area contributed by atoms with Crippen LogP contribution < -0.4 is 10.6 Å². The van der Waals surface area contributed by atoms with Crippen molar-refractivity contribution in [1.29, 1.82) is 0 Å². The number of urea groups is 1. The van der Waals surface area contributed by atoms with Gasteiger partial charge in [0, 0.05) is 10.5 Å².